The highest BCUT2D eigenvalue weighted by Crippen LogP contribution is 2.52. The number of nitrogens with one attached hydrogen (secondary N) is 1. The molecule has 0 aromatic heterocycles. The summed E-state index contributed by atoms with van der Waals surface area (Å²) in [6, 6.07) is 3.44. The largest absolute Gasteiger partial charge is 0.530 e. The van der Waals surface area contributed by atoms with Gasteiger partial charge in [-0.05, 0) is 38.6 Å². The van der Waals surface area contributed by atoms with Crippen LogP contribution < -0.4 is 14.6 Å². The Bertz CT molecular complexity index is 502. The Balaban J connectivity index is 0. The number of aryl methyl sites for hydroxylation is 1. The van der Waals surface area contributed by atoms with E-state index in [4.69, 9.17) is 18.3 Å². The molecule has 0 saturated carbocycles. The zero-order valence-electron chi connectivity index (χ0n) is 14.1. The Morgan fingerprint density at radius 1 is 1.29 bits per heavy atom. The molecule has 0 aliphatic heterocycles. The van der Waals surface area contributed by atoms with Crippen molar-refractivity contribution >= 4 is 17.7 Å². The molecular formula is C15H31NO6P2. The quantitative estimate of drug-likeness (QED) is 0.475. The summed E-state index contributed by atoms with van der Waals surface area (Å²) in [4.78, 5) is 0. The number of phosphoric ester groups is 1. The lowest BCUT2D eigenvalue weighted by molar-refractivity contribution is 0.159. The SMILES string of the molecule is C.CCOP(=O)(OCCNC)Oc1c(CO)cc(C)cc1OC.P. The standard InChI is InChI=1S/C14H24NO6P.CH4.H3P/c1-5-19-22(17,20-7-6-15-3)21-14-12(10-16)8-11(2)9-13(14)18-4;;/h8-9,15-16H,5-7,10H2,1-4H3;1H4;1H3. The Labute approximate surface area is 148 Å². The smallest absolute Gasteiger partial charge is 0.493 e. The van der Waals surface area contributed by atoms with Gasteiger partial charge in [-0.2, -0.15) is 9.90 Å². The number of ether oxygens (including phenoxy) is 1. The van der Waals surface area contributed by atoms with Gasteiger partial charge in [0.15, 0.2) is 11.5 Å². The van der Waals surface area contributed by atoms with Crippen molar-refractivity contribution in [1.82, 2.24) is 5.32 Å². The van der Waals surface area contributed by atoms with Crippen molar-refractivity contribution in [2.24, 2.45) is 0 Å². The predicted molar refractivity (Wildman–Crippen MR) is 101 cm³/mol. The number of aliphatic hydroxyl groups excluding tert-OH is 1. The summed E-state index contributed by atoms with van der Waals surface area (Å²) in [5.41, 5.74) is 1.34. The van der Waals surface area contributed by atoms with Crippen LogP contribution in [-0.2, 0) is 20.2 Å². The van der Waals surface area contributed by atoms with E-state index in [9.17, 15) is 9.67 Å². The number of benzene rings is 1. The van der Waals surface area contributed by atoms with Gasteiger partial charge in [-0.25, -0.2) is 4.57 Å². The van der Waals surface area contributed by atoms with Crippen molar-refractivity contribution in [3.8, 4) is 11.5 Å². The van der Waals surface area contributed by atoms with E-state index in [0.717, 1.165) is 5.56 Å². The molecule has 142 valence electrons. The average Bonchev–Trinajstić information content (AvgIpc) is 2.49. The van der Waals surface area contributed by atoms with Crippen LogP contribution in [-0.4, -0.2) is 39.0 Å². The molecular weight excluding hydrogens is 352 g/mol. The molecule has 0 fully saturated rings. The number of hydrogen-bond donors (Lipinski definition) is 2. The van der Waals surface area contributed by atoms with Crippen LogP contribution in [0.3, 0.4) is 0 Å². The maximum Gasteiger partial charge on any atom is 0.530 e. The van der Waals surface area contributed by atoms with Crippen LogP contribution in [0.15, 0.2) is 12.1 Å². The Morgan fingerprint density at radius 3 is 2.46 bits per heavy atom. The fraction of sp³-hybridized carbons (Fsp3) is 0.600. The number of aliphatic hydroxyl groups is 1. The lowest BCUT2D eigenvalue weighted by Crippen LogP contribution is -2.15. The molecule has 0 heterocycles. The molecule has 7 nitrogen and oxygen atoms in total. The zero-order valence-corrected chi connectivity index (χ0v) is 16.4. The van der Waals surface area contributed by atoms with Crippen LogP contribution in [0.2, 0.25) is 0 Å². The second-order valence-corrected chi connectivity index (χ2v) is 6.10. The van der Waals surface area contributed by atoms with Crippen molar-refractivity contribution in [3.05, 3.63) is 23.3 Å². The third-order valence-corrected chi connectivity index (χ3v) is 4.24. The molecule has 1 aromatic carbocycles. The second kappa shape index (κ2) is 12.6. The van der Waals surface area contributed by atoms with Crippen LogP contribution in [0.4, 0.5) is 0 Å². The summed E-state index contributed by atoms with van der Waals surface area (Å²) in [6.07, 6.45) is 0. The molecule has 0 radical (unpaired) electrons. The van der Waals surface area contributed by atoms with E-state index in [1.807, 2.05) is 6.92 Å². The van der Waals surface area contributed by atoms with Gasteiger partial charge in [0, 0.05) is 12.1 Å². The molecule has 0 aliphatic rings. The highest BCUT2D eigenvalue weighted by atomic mass is 31.2. The van der Waals surface area contributed by atoms with E-state index in [1.54, 1.807) is 26.1 Å². The fourth-order valence-corrected chi connectivity index (χ4v) is 3.05. The fourth-order valence-electron chi connectivity index (χ4n) is 1.80. The highest BCUT2D eigenvalue weighted by molar-refractivity contribution is 7.48. The molecule has 24 heavy (non-hydrogen) atoms. The van der Waals surface area contributed by atoms with Crippen molar-refractivity contribution in [1.29, 1.82) is 0 Å². The van der Waals surface area contributed by atoms with Crippen LogP contribution >= 0.6 is 17.7 Å². The zero-order chi connectivity index (χ0) is 16.6. The minimum absolute atomic E-state index is 0. The van der Waals surface area contributed by atoms with Crippen LogP contribution in [0.5, 0.6) is 11.5 Å². The molecule has 1 aromatic rings. The first-order valence-corrected chi connectivity index (χ1v) is 8.47. The van der Waals surface area contributed by atoms with Gasteiger partial charge in [0.05, 0.1) is 26.9 Å². The second-order valence-electron chi connectivity index (χ2n) is 4.51. The van der Waals surface area contributed by atoms with Crippen molar-refractivity contribution in [2.75, 3.05) is 33.9 Å². The summed E-state index contributed by atoms with van der Waals surface area (Å²) in [6.45, 7) is 4.10. The summed E-state index contributed by atoms with van der Waals surface area (Å²) < 4.78 is 33.8. The monoisotopic (exact) mass is 383 g/mol. The minimum atomic E-state index is -3.80. The lowest BCUT2D eigenvalue weighted by Gasteiger charge is -2.21. The Hall–Kier alpha value is -0.680. The summed E-state index contributed by atoms with van der Waals surface area (Å²) >= 11 is 0. The maximum atomic E-state index is 12.6. The van der Waals surface area contributed by atoms with Gasteiger partial charge < -0.3 is 19.7 Å². The van der Waals surface area contributed by atoms with Crippen LogP contribution in [0.1, 0.15) is 25.5 Å². The number of likely N-dealkylation sites (N-methyl/N-ethyl adjacent to an activating group) is 1. The number of methoxy groups -OCH3 is 1. The van der Waals surface area contributed by atoms with Crippen molar-refractivity contribution in [3.63, 3.8) is 0 Å². The number of phosphoric acid groups is 1. The first-order chi connectivity index (χ1) is 10.5. The third-order valence-electron chi connectivity index (χ3n) is 2.76. The Kier molecular flexibility index (Phi) is 13.5. The van der Waals surface area contributed by atoms with E-state index in [0.29, 0.717) is 17.9 Å². The predicted octanol–water partition coefficient (Wildman–Crippen LogP) is 2.95. The van der Waals surface area contributed by atoms with Gasteiger partial charge in [-0.15, -0.1) is 0 Å². The van der Waals surface area contributed by atoms with E-state index >= 15 is 0 Å². The molecule has 0 saturated heterocycles. The lowest BCUT2D eigenvalue weighted by atomic mass is 10.1. The minimum Gasteiger partial charge on any atom is -0.493 e. The molecule has 2 atom stereocenters. The van der Waals surface area contributed by atoms with Gasteiger partial charge in [0.25, 0.3) is 0 Å². The summed E-state index contributed by atoms with van der Waals surface area (Å²) in [7, 11) is -0.576. The highest BCUT2D eigenvalue weighted by Gasteiger charge is 2.30. The average molecular weight is 383 g/mol. The summed E-state index contributed by atoms with van der Waals surface area (Å²) in [5, 5.41) is 12.4. The van der Waals surface area contributed by atoms with E-state index in [-0.39, 0.29) is 42.9 Å². The van der Waals surface area contributed by atoms with Gasteiger partial charge in [-0.3, -0.25) is 9.05 Å². The topological polar surface area (TPSA) is 86.3 Å². The Morgan fingerprint density at radius 2 is 1.96 bits per heavy atom. The first kappa shape index (κ1) is 25.6. The van der Waals surface area contributed by atoms with E-state index < -0.39 is 7.82 Å². The number of rotatable bonds is 10. The third kappa shape index (κ3) is 7.47. The van der Waals surface area contributed by atoms with Gasteiger partial charge in [0.1, 0.15) is 0 Å². The van der Waals surface area contributed by atoms with Crippen LogP contribution in [0.25, 0.3) is 0 Å². The van der Waals surface area contributed by atoms with Gasteiger partial charge in [0.2, 0.25) is 0 Å². The maximum absolute atomic E-state index is 12.6. The molecule has 2 N–H and O–H groups in total. The number of hydrogen-bond acceptors (Lipinski definition) is 7. The van der Waals surface area contributed by atoms with Gasteiger partial charge >= 0.3 is 7.82 Å². The van der Waals surface area contributed by atoms with Gasteiger partial charge in [-0.1, -0.05) is 7.43 Å². The molecule has 0 aliphatic carbocycles. The molecule has 9 heteroatoms. The van der Waals surface area contributed by atoms with E-state index in [2.05, 4.69) is 5.32 Å². The molecule has 2 unspecified atom stereocenters. The van der Waals surface area contributed by atoms with Crippen molar-refractivity contribution < 1.29 is 28.0 Å². The molecule has 0 spiro atoms. The van der Waals surface area contributed by atoms with Crippen molar-refractivity contribution in [2.45, 2.75) is 27.9 Å². The van der Waals surface area contributed by atoms with E-state index in [1.165, 1.54) is 7.11 Å². The van der Waals surface area contributed by atoms with Crippen LogP contribution in [0, 0.1) is 6.92 Å². The molecule has 0 bridgehead atoms. The first-order valence-electron chi connectivity index (χ1n) is 7.01. The summed E-state index contributed by atoms with van der Waals surface area (Å²) in [5.74, 6) is 0.526. The molecule has 1 rings (SSSR count). The normalized spacial score (nSPS) is 12.5. The molecule has 0 amide bonds.